The van der Waals surface area contributed by atoms with E-state index >= 15 is 0 Å². The number of hydrogen-bond acceptors (Lipinski definition) is 4. The molecule has 5 nitrogen and oxygen atoms in total. The minimum atomic E-state index is -0.282. The highest BCUT2D eigenvalue weighted by molar-refractivity contribution is 5.61. The Morgan fingerprint density at radius 2 is 2.05 bits per heavy atom. The highest BCUT2D eigenvalue weighted by Gasteiger charge is 2.39. The van der Waals surface area contributed by atoms with Gasteiger partial charge in [0.05, 0.1) is 18.2 Å². The number of nitrogens with one attached hydrogen (secondary N) is 1. The van der Waals surface area contributed by atoms with Gasteiger partial charge in [-0.15, -0.1) is 0 Å². The molecular formula is C17H15N3O2. The molecule has 0 amide bonds. The molecule has 5 heteroatoms. The number of hydrogen-bond donors (Lipinski definition) is 1. The predicted octanol–water partition coefficient (Wildman–Crippen LogP) is 3.05. The molecule has 2 aromatic heterocycles. The summed E-state index contributed by atoms with van der Waals surface area (Å²) in [7, 11) is 0. The van der Waals surface area contributed by atoms with Crippen molar-refractivity contribution in [2.45, 2.75) is 12.1 Å². The van der Waals surface area contributed by atoms with Gasteiger partial charge in [0.15, 0.2) is 0 Å². The fourth-order valence-corrected chi connectivity index (χ4v) is 3.16. The fourth-order valence-electron chi connectivity index (χ4n) is 3.16. The van der Waals surface area contributed by atoms with Gasteiger partial charge in [0, 0.05) is 12.4 Å². The number of carbonyl (C=O) groups is 1. The standard InChI is InChI=1S/C17H15N3O2/c21-11-13-15(12-5-2-1-3-6-12)19-17-18-8-9-20(17)16(13)14-7-4-10-22-14/h1-11,13,15-16H,(H,18,19)/t13-,15-,16-/m0/s1. The van der Waals surface area contributed by atoms with Crippen molar-refractivity contribution in [3.63, 3.8) is 0 Å². The van der Waals surface area contributed by atoms with Gasteiger partial charge in [-0.25, -0.2) is 4.98 Å². The van der Waals surface area contributed by atoms with Crippen molar-refractivity contribution >= 4 is 12.2 Å². The lowest BCUT2D eigenvalue weighted by Crippen LogP contribution is -2.36. The molecule has 0 aliphatic carbocycles. The SMILES string of the molecule is O=C[C@@H]1[C@@H](c2ccco2)n2ccnc2N[C@H]1c1ccccc1. The normalized spacial score (nSPS) is 23.5. The minimum Gasteiger partial charge on any atom is -0.467 e. The largest absolute Gasteiger partial charge is 0.467 e. The number of fused-ring (bicyclic) bond motifs is 1. The first-order chi connectivity index (χ1) is 10.9. The monoisotopic (exact) mass is 293 g/mol. The third-order valence-electron chi connectivity index (χ3n) is 4.15. The predicted molar refractivity (Wildman–Crippen MR) is 81.4 cm³/mol. The van der Waals surface area contributed by atoms with Crippen LogP contribution in [0.2, 0.25) is 0 Å². The Morgan fingerprint density at radius 1 is 1.18 bits per heavy atom. The number of aldehydes is 1. The summed E-state index contributed by atoms with van der Waals surface area (Å²) in [5.74, 6) is 1.22. The summed E-state index contributed by atoms with van der Waals surface area (Å²) >= 11 is 0. The molecule has 1 aliphatic heterocycles. The molecule has 0 radical (unpaired) electrons. The van der Waals surface area contributed by atoms with Crippen molar-refractivity contribution in [2.75, 3.05) is 5.32 Å². The molecule has 0 bridgehead atoms. The van der Waals surface area contributed by atoms with E-state index in [1.165, 1.54) is 0 Å². The molecule has 1 aliphatic rings. The maximum atomic E-state index is 11.9. The summed E-state index contributed by atoms with van der Waals surface area (Å²) in [5.41, 5.74) is 1.06. The van der Waals surface area contributed by atoms with Crippen LogP contribution in [0, 0.1) is 5.92 Å². The summed E-state index contributed by atoms with van der Waals surface area (Å²) in [6, 6.07) is 13.4. The third-order valence-corrected chi connectivity index (χ3v) is 4.15. The summed E-state index contributed by atoms with van der Waals surface area (Å²) in [6.07, 6.45) is 6.23. The second-order valence-electron chi connectivity index (χ2n) is 5.36. The Balaban J connectivity index is 1.85. The van der Waals surface area contributed by atoms with Crippen LogP contribution in [-0.2, 0) is 4.79 Å². The van der Waals surface area contributed by atoms with E-state index in [4.69, 9.17) is 4.42 Å². The van der Waals surface area contributed by atoms with E-state index < -0.39 is 0 Å². The number of aromatic nitrogens is 2. The third kappa shape index (κ3) is 1.94. The zero-order chi connectivity index (χ0) is 14.9. The number of furan rings is 1. The molecule has 3 atom stereocenters. The zero-order valence-corrected chi connectivity index (χ0v) is 11.8. The highest BCUT2D eigenvalue weighted by atomic mass is 16.3. The molecule has 3 aromatic rings. The van der Waals surface area contributed by atoms with Crippen molar-refractivity contribution < 1.29 is 9.21 Å². The quantitative estimate of drug-likeness (QED) is 0.754. The average Bonchev–Trinajstić information content (AvgIpc) is 3.25. The van der Waals surface area contributed by atoms with Gasteiger partial charge in [-0.2, -0.15) is 0 Å². The number of anilines is 1. The molecule has 3 heterocycles. The van der Waals surface area contributed by atoms with Crippen molar-refractivity contribution in [3.05, 3.63) is 72.4 Å². The maximum Gasteiger partial charge on any atom is 0.204 e. The Kier molecular flexibility index (Phi) is 3.04. The number of nitrogens with zero attached hydrogens (tertiary/aromatic N) is 2. The van der Waals surface area contributed by atoms with Crippen LogP contribution in [0.15, 0.2) is 65.5 Å². The zero-order valence-electron chi connectivity index (χ0n) is 11.8. The van der Waals surface area contributed by atoms with Gasteiger partial charge in [0.2, 0.25) is 5.95 Å². The second-order valence-corrected chi connectivity index (χ2v) is 5.36. The number of rotatable bonds is 3. The molecule has 0 saturated carbocycles. The number of carbonyl (C=O) groups excluding carboxylic acids is 1. The molecule has 110 valence electrons. The van der Waals surface area contributed by atoms with E-state index in [9.17, 15) is 4.79 Å². The molecule has 0 unspecified atom stereocenters. The number of imidazole rings is 1. The maximum absolute atomic E-state index is 11.9. The molecule has 4 rings (SSSR count). The van der Waals surface area contributed by atoms with Crippen LogP contribution >= 0.6 is 0 Å². The van der Waals surface area contributed by atoms with Crippen LogP contribution in [0.5, 0.6) is 0 Å². The average molecular weight is 293 g/mol. The summed E-state index contributed by atoms with van der Waals surface area (Å²) in [4.78, 5) is 16.2. The molecule has 0 fully saturated rings. The van der Waals surface area contributed by atoms with E-state index in [0.29, 0.717) is 0 Å². The topological polar surface area (TPSA) is 60.1 Å². The van der Waals surface area contributed by atoms with Crippen LogP contribution < -0.4 is 5.32 Å². The first-order valence-corrected chi connectivity index (χ1v) is 7.21. The lowest BCUT2D eigenvalue weighted by molar-refractivity contribution is -0.112. The van der Waals surface area contributed by atoms with E-state index in [1.807, 2.05) is 53.2 Å². The van der Waals surface area contributed by atoms with Crippen molar-refractivity contribution in [1.29, 1.82) is 0 Å². The van der Waals surface area contributed by atoms with Crippen molar-refractivity contribution in [2.24, 2.45) is 5.92 Å². The van der Waals surface area contributed by atoms with Crippen molar-refractivity contribution in [1.82, 2.24) is 9.55 Å². The Labute approximate surface area is 127 Å². The first-order valence-electron chi connectivity index (χ1n) is 7.21. The van der Waals surface area contributed by atoms with Crippen LogP contribution in [0.4, 0.5) is 5.95 Å². The van der Waals surface area contributed by atoms with Crippen LogP contribution in [0.1, 0.15) is 23.4 Å². The summed E-state index contributed by atoms with van der Waals surface area (Å²) in [5, 5.41) is 3.37. The lowest BCUT2D eigenvalue weighted by atomic mass is 9.85. The van der Waals surface area contributed by atoms with E-state index in [1.54, 1.807) is 12.5 Å². The molecule has 0 saturated heterocycles. The molecule has 22 heavy (non-hydrogen) atoms. The van der Waals surface area contributed by atoms with Gasteiger partial charge in [-0.3, -0.25) is 0 Å². The van der Waals surface area contributed by atoms with Gasteiger partial charge in [-0.1, -0.05) is 30.3 Å². The Morgan fingerprint density at radius 3 is 2.77 bits per heavy atom. The van der Waals surface area contributed by atoms with E-state index in [2.05, 4.69) is 10.3 Å². The van der Waals surface area contributed by atoms with Gasteiger partial charge in [0.25, 0.3) is 0 Å². The molecular weight excluding hydrogens is 278 g/mol. The number of benzene rings is 1. The smallest absolute Gasteiger partial charge is 0.204 e. The Hall–Kier alpha value is -2.82. The fraction of sp³-hybridized carbons (Fsp3) is 0.176. The summed E-state index contributed by atoms with van der Waals surface area (Å²) in [6.45, 7) is 0. The van der Waals surface area contributed by atoms with E-state index in [-0.39, 0.29) is 18.0 Å². The van der Waals surface area contributed by atoms with Gasteiger partial charge < -0.3 is 19.1 Å². The lowest BCUT2D eigenvalue weighted by Gasteiger charge is -2.36. The van der Waals surface area contributed by atoms with Gasteiger partial charge in [0.1, 0.15) is 18.1 Å². The van der Waals surface area contributed by atoms with Crippen LogP contribution in [-0.4, -0.2) is 15.8 Å². The van der Waals surface area contributed by atoms with Crippen LogP contribution in [0.3, 0.4) is 0 Å². The van der Waals surface area contributed by atoms with Crippen molar-refractivity contribution in [3.8, 4) is 0 Å². The van der Waals surface area contributed by atoms with Gasteiger partial charge >= 0.3 is 0 Å². The highest BCUT2D eigenvalue weighted by Crippen LogP contribution is 2.41. The van der Waals surface area contributed by atoms with E-state index in [0.717, 1.165) is 23.6 Å². The molecule has 0 spiro atoms. The Bertz CT molecular complexity index is 764. The molecule has 1 aromatic carbocycles. The van der Waals surface area contributed by atoms with Gasteiger partial charge in [-0.05, 0) is 17.7 Å². The minimum absolute atomic E-state index is 0.135. The molecule has 1 N–H and O–H groups in total. The summed E-state index contributed by atoms with van der Waals surface area (Å²) < 4.78 is 7.54. The second kappa shape index (κ2) is 5.18. The first kappa shape index (κ1) is 12.9. The van der Waals surface area contributed by atoms with Crippen LogP contribution in [0.25, 0.3) is 0 Å².